The van der Waals surface area contributed by atoms with E-state index in [1.54, 1.807) is 23.4 Å². The fraction of sp³-hybridized carbons (Fsp3) is 0.526. The van der Waals surface area contributed by atoms with Gasteiger partial charge in [-0.1, -0.05) is 0 Å². The molecule has 0 bridgehead atoms. The van der Waals surface area contributed by atoms with Gasteiger partial charge in [-0.3, -0.25) is 4.79 Å². The number of thiazole rings is 1. The summed E-state index contributed by atoms with van der Waals surface area (Å²) in [6.07, 6.45) is 4.38. The molecule has 0 spiro atoms. The Labute approximate surface area is 168 Å². The van der Waals surface area contributed by atoms with Gasteiger partial charge in [0.15, 0.2) is 10.8 Å². The molecule has 0 atom stereocenters. The van der Waals surface area contributed by atoms with E-state index >= 15 is 0 Å². The second kappa shape index (κ2) is 8.22. The minimum Gasteiger partial charge on any atom is -0.444 e. The van der Waals surface area contributed by atoms with Crippen LogP contribution in [0.15, 0.2) is 18.5 Å². The number of nitrogens with one attached hydrogen (secondary N) is 1. The summed E-state index contributed by atoms with van der Waals surface area (Å²) in [6, 6.07) is 1.76. The first-order chi connectivity index (χ1) is 13.2. The molecule has 3 heterocycles. The highest BCUT2D eigenvalue weighted by Crippen LogP contribution is 2.25. The van der Waals surface area contributed by atoms with Gasteiger partial charge in [0.2, 0.25) is 0 Å². The van der Waals surface area contributed by atoms with Crippen molar-refractivity contribution >= 4 is 23.3 Å². The molecule has 0 aromatic carbocycles. The molecule has 0 aliphatic carbocycles. The molecule has 8 nitrogen and oxygen atoms in total. The first kappa shape index (κ1) is 20.2. The van der Waals surface area contributed by atoms with Crippen molar-refractivity contribution in [3.63, 3.8) is 0 Å². The SMILES string of the molecule is Cc1nc(-c2ncccn2)sc1C(=O)NC1CCN(C(=O)OC(C)(C)C)CC1. The lowest BCUT2D eigenvalue weighted by Gasteiger charge is -2.33. The summed E-state index contributed by atoms with van der Waals surface area (Å²) >= 11 is 1.29. The number of carbonyl (C=O) groups is 2. The quantitative estimate of drug-likeness (QED) is 0.846. The number of hydrogen-bond donors (Lipinski definition) is 1. The summed E-state index contributed by atoms with van der Waals surface area (Å²) in [7, 11) is 0. The van der Waals surface area contributed by atoms with Crippen LogP contribution in [0.3, 0.4) is 0 Å². The Morgan fingerprint density at radius 1 is 1.21 bits per heavy atom. The molecule has 0 radical (unpaired) electrons. The predicted octanol–water partition coefficient (Wildman–Crippen LogP) is 3.04. The Bertz CT molecular complexity index is 839. The molecule has 28 heavy (non-hydrogen) atoms. The summed E-state index contributed by atoms with van der Waals surface area (Å²) in [5, 5.41) is 3.69. The van der Waals surface area contributed by atoms with Crippen LogP contribution in [-0.4, -0.2) is 56.6 Å². The molecule has 1 aliphatic heterocycles. The summed E-state index contributed by atoms with van der Waals surface area (Å²) in [4.78, 5) is 39.9. The van der Waals surface area contributed by atoms with Crippen LogP contribution in [0.5, 0.6) is 0 Å². The van der Waals surface area contributed by atoms with Crippen LogP contribution >= 0.6 is 11.3 Å². The van der Waals surface area contributed by atoms with Crippen molar-refractivity contribution in [3.05, 3.63) is 29.0 Å². The number of aryl methyl sites for hydroxylation is 1. The molecule has 0 unspecified atom stereocenters. The number of rotatable bonds is 3. The van der Waals surface area contributed by atoms with Crippen LogP contribution in [0.2, 0.25) is 0 Å². The van der Waals surface area contributed by atoms with Crippen molar-refractivity contribution in [2.75, 3.05) is 13.1 Å². The first-order valence-corrected chi connectivity index (χ1v) is 10.1. The molecule has 1 aliphatic rings. The molecule has 2 amide bonds. The van der Waals surface area contributed by atoms with Crippen molar-refractivity contribution in [2.24, 2.45) is 0 Å². The van der Waals surface area contributed by atoms with Crippen LogP contribution in [-0.2, 0) is 4.74 Å². The van der Waals surface area contributed by atoms with Crippen molar-refractivity contribution in [3.8, 4) is 10.8 Å². The van der Waals surface area contributed by atoms with Crippen molar-refractivity contribution in [1.29, 1.82) is 0 Å². The van der Waals surface area contributed by atoms with Crippen LogP contribution in [0.1, 0.15) is 49.0 Å². The van der Waals surface area contributed by atoms with E-state index in [1.807, 2.05) is 27.7 Å². The van der Waals surface area contributed by atoms with Gasteiger partial charge >= 0.3 is 6.09 Å². The van der Waals surface area contributed by atoms with E-state index in [-0.39, 0.29) is 18.0 Å². The normalized spacial score (nSPS) is 15.4. The second-order valence-electron chi connectivity index (χ2n) is 7.72. The number of amides is 2. The second-order valence-corrected chi connectivity index (χ2v) is 8.72. The molecule has 1 N–H and O–H groups in total. The lowest BCUT2D eigenvalue weighted by molar-refractivity contribution is 0.0200. The molecule has 150 valence electrons. The molecule has 2 aromatic rings. The van der Waals surface area contributed by atoms with E-state index in [0.29, 0.717) is 47.3 Å². The van der Waals surface area contributed by atoms with Gasteiger partial charge in [0.25, 0.3) is 5.91 Å². The van der Waals surface area contributed by atoms with Gasteiger partial charge in [-0.15, -0.1) is 11.3 Å². The van der Waals surface area contributed by atoms with Gasteiger partial charge in [-0.25, -0.2) is 19.7 Å². The third kappa shape index (κ3) is 5.03. The molecule has 2 aromatic heterocycles. The summed E-state index contributed by atoms with van der Waals surface area (Å²) in [5.41, 5.74) is 0.155. The zero-order chi connectivity index (χ0) is 20.3. The topological polar surface area (TPSA) is 97.3 Å². The Morgan fingerprint density at radius 3 is 2.46 bits per heavy atom. The predicted molar refractivity (Wildman–Crippen MR) is 106 cm³/mol. The fourth-order valence-electron chi connectivity index (χ4n) is 2.90. The maximum atomic E-state index is 12.7. The Hall–Kier alpha value is -2.55. The fourth-order valence-corrected chi connectivity index (χ4v) is 3.81. The van der Waals surface area contributed by atoms with Crippen LogP contribution in [0.4, 0.5) is 4.79 Å². The van der Waals surface area contributed by atoms with E-state index in [0.717, 1.165) is 0 Å². The van der Waals surface area contributed by atoms with Gasteiger partial charge in [0.05, 0.1) is 5.69 Å². The number of piperidine rings is 1. The average Bonchev–Trinajstić information content (AvgIpc) is 3.03. The summed E-state index contributed by atoms with van der Waals surface area (Å²) in [5.74, 6) is 0.369. The van der Waals surface area contributed by atoms with Gasteiger partial charge in [-0.05, 0) is 46.6 Å². The molecular weight excluding hydrogens is 378 g/mol. The highest BCUT2D eigenvalue weighted by molar-refractivity contribution is 7.17. The van der Waals surface area contributed by atoms with Crippen LogP contribution < -0.4 is 5.32 Å². The van der Waals surface area contributed by atoms with Gasteiger partial charge in [0, 0.05) is 31.5 Å². The Morgan fingerprint density at radius 2 is 1.86 bits per heavy atom. The van der Waals surface area contributed by atoms with Crippen molar-refractivity contribution in [2.45, 2.75) is 52.2 Å². The zero-order valence-corrected chi connectivity index (χ0v) is 17.4. The molecular formula is C19H25N5O3S. The van der Waals surface area contributed by atoms with Crippen LogP contribution in [0.25, 0.3) is 10.8 Å². The van der Waals surface area contributed by atoms with E-state index < -0.39 is 5.60 Å². The van der Waals surface area contributed by atoms with Gasteiger partial charge in [-0.2, -0.15) is 0 Å². The lowest BCUT2D eigenvalue weighted by Crippen LogP contribution is -2.47. The number of ether oxygens (including phenoxy) is 1. The maximum Gasteiger partial charge on any atom is 0.410 e. The monoisotopic (exact) mass is 403 g/mol. The molecule has 9 heteroatoms. The number of hydrogen-bond acceptors (Lipinski definition) is 7. The van der Waals surface area contributed by atoms with Crippen LogP contribution in [0, 0.1) is 6.92 Å². The minimum atomic E-state index is -0.508. The zero-order valence-electron chi connectivity index (χ0n) is 16.6. The Kier molecular flexibility index (Phi) is 5.93. The van der Waals surface area contributed by atoms with Crippen molar-refractivity contribution < 1.29 is 14.3 Å². The number of nitrogens with zero attached hydrogens (tertiary/aromatic N) is 4. The standard InChI is InChI=1S/C19H25N5O3S/c1-12-14(28-17(22-12)15-20-8-5-9-21-15)16(25)23-13-6-10-24(11-7-13)18(26)27-19(2,3)4/h5,8-9,13H,6-7,10-11H2,1-4H3,(H,23,25). The first-order valence-electron chi connectivity index (χ1n) is 9.26. The highest BCUT2D eigenvalue weighted by atomic mass is 32.1. The van der Waals surface area contributed by atoms with E-state index in [4.69, 9.17) is 4.74 Å². The van der Waals surface area contributed by atoms with E-state index in [9.17, 15) is 9.59 Å². The maximum absolute atomic E-state index is 12.7. The van der Waals surface area contributed by atoms with E-state index in [1.165, 1.54) is 11.3 Å². The van der Waals surface area contributed by atoms with E-state index in [2.05, 4.69) is 20.3 Å². The third-order valence-electron chi connectivity index (χ3n) is 4.24. The minimum absolute atomic E-state index is 0.0177. The molecule has 3 rings (SSSR count). The summed E-state index contributed by atoms with van der Waals surface area (Å²) in [6.45, 7) is 8.48. The average molecular weight is 404 g/mol. The number of likely N-dealkylation sites (tertiary alicyclic amines) is 1. The highest BCUT2D eigenvalue weighted by Gasteiger charge is 2.28. The molecule has 1 fully saturated rings. The van der Waals surface area contributed by atoms with Crippen molar-refractivity contribution in [1.82, 2.24) is 25.2 Å². The number of aromatic nitrogens is 3. The molecule has 0 saturated carbocycles. The third-order valence-corrected chi connectivity index (χ3v) is 5.39. The largest absolute Gasteiger partial charge is 0.444 e. The lowest BCUT2D eigenvalue weighted by atomic mass is 10.1. The Balaban J connectivity index is 1.57. The number of carbonyl (C=O) groups excluding carboxylic acids is 2. The van der Waals surface area contributed by atoms with Gasteiger partial charge < -0.3 is 15.0 Å². The van der Waals surface area contributed by atoms with Gasteiger partial charge in [0.1, 0.15) is 10.5 Å². The molecule has 1 saturated heterocycles. The smallest absolute Gasteiger partial charge is 0.410 e. The summed E-state index contributed by atoms with van der Waals surface area (Å²) < 4.78 is 5.40.